The molecule has 7 nitrogen and oxygen atoms in total. The summed E-state index contributed by atoms with van der Waals surface area (Å²) in [4.78, 5) is 31.2. The molecule has 5 rings (SSSR count). The van der Waals surface area contributed by atoms with Crippen molar-refractivity contribution in [3.05, 3.63) is 75.1 Å². The standard InChI is InChI=1S/C25H26N2O5/c1-16-7-8-20-18(15-16)23(28)21-22(17-5-3-4-6-19(17)30-2)27(25(29)24(21)32-20)10-9-26-11-13-31-14-12-26/h3-8,15,22H,9-14H2,1-2H3/t22-/m1/s1. The molecule has 166 valence electrons. The molecule has 3 heterocycles. The molecule has 0 bridgehead atoms. The minimum Gasteiger partial charge on any atom is -0.496 e. The predicted molar refractivity (Wildman–Crippen MR) is 120 cm³/mol. The summed E-state index contributed by atoms with van der Waals surface area (Å²) in [5, 5.41) is 0.492. The summed E-state index contributed by atoms with van der Waals surface area (Å²) in [7, 11) is 1.60. The van der Waals surface area contributed by atoms with E-state index in [0.717, 1.165) is 24.2 Å². The van der Waals surface area contributed by atoms with Gasteiger partial charge in [0, 0.05) is 31.7 Å². The van der Waals surface area contributed by atoms with Gasteiger partial charge in [-0.25, -0.2) is 0 Å². The van der Waals surface area contributed by atoms with Crippen molar-refractivity contribution in [3.8, 4) is 5.75 Å². The molecule has 0 saturated carbocycles. The molecular formula is C25H26N2O5. The number of carbonyl (C=O) groups excluding carboxylic acids is 1. The zero-order valence-corrected chi connectivity index (χ0v) is 18.3. The van der Waals surface area contributed by atoms with Gasteiger partial charge in [-0.2, -0.15) is 0 Å². The number of methoxy groups -OCH3 is 1. The minimum absolute atomic E-state index is 0.129. The normalized spacial score (nSPS) is 18.9. The Bertz CT molecular complexity index is 1230. The van der Waals surface area contributed by atoms with Gasteiger partial charge in [-0.15, -0.1) is 0 Å². The lowest BCUT2D eigenvalue weighted by Crippen LogP contribution is -2.42. The quantitative estimate of drug-likeness (QED) is 0.615. The molecule has 32 heavy (non-hydrogen) atoms. The van der Waals surface area contributed by atoms with Crippen molar-refractivity contribution in [1.29, 1.82) is 0 Å². The first kappa shape index (κ1) is 20.7. The van der Waals surface area contributed by atoms with Crippen LogP contribution in [0.2, 0.25) is 0 Å². The van der Waals surface area contributed by atoms with E-state index in [1.54, 1.807) is 18.1 Å². The first-order valence-corrected chi connectivity index (χ1v) is 10.9. The molecule has 0 spiro atoms. The third kappa shape index (κ3) is 3.47. The van der Waals surface area contributed by atoms with E-state index in [1.165, 1.54) is 0 Å². The maximum Gasteiger partial charge on any atom is 0.290 e. The predicted octanol–water partition coefficient (Wildman–Crippen LogP) is 2.99. The molecule has 2 aromatic carbocycles. The average molecular weight is 434 g/mol. The fourth-order valence-electron chi connectivity index (χ4n) is 4.65. The van der Waals surface area contributed by atoms with E-state index in [9.17, 15) is 9.59 Å². The van der Waals surface area contributed by atoms with E-state index in [4.69, 9.17) is 13.9 Å². The van der Waals surface area contributed by atoms with Gasteiger partial charge in [0.2, 0.25) is 5.76 Å². The van der Waals surface area contributed by atoms with E-state index in [0.29, 0.717) is 48.6 Å². The number of hydrogen-bond donors (Lipinski definition) is 0. The van der Waals surface area contributed by atoms with E-state index >= 15 is 0 Å². The number of ether oxygens (including phenoxy) is 2. The highest BCUT2D eigenvalue weighted by molar-refractivity contribution is 5.99. The average Bonchev–Trinajstić information content (AvgIpc) is 3.10. The van der Waals surface area contributed by atoms with E-state index in [-0.39, 0.29) is 17.1 Å². The van der Waals surface area contributed by atoms with Crippen LogP contribution in [-0.2, 0) is 4.74 Å². The summed E-state index contributed by atoms with van der Waals surface area (Å²) in [5.74, 6) is 0.506. The lowest BCUT2D eigenvalue weighted by atomic mass is 9.97. The van der Waals surface area contributed by atoms with Gasteiger partial charge in [0.15, 0.2) is 5.43 Å². The third-order valence-electron chi connectivity index (χ3n) is 6.32. The molecule has 1 saturated heterocycles. The molecule has 2 aliphatic rings. The third-order valence-corrected chi connectivity index (χ3v) is 6.32. The molecule has 2 aliphatic heterocycles. The van der Waals surface area contributed by atoms with Gasteiger partial charge in [0.25, 0.3) is 5.91 Å². The van der Waals surface area contributed by atoms with Gasteiger partial charge in [0.1, 0.15) is 11.3 Å². The van der Waals surface area contributed by atoms with Gasteiger partial charge in [-0.3, -0.25) is 14.5 Å². The van der Waals surface area contributed by atoms with Crippen LogP contribution in [0.15, 0.2) is 51.7 Å². The zero-order valence-electron chi connectivity index (χ0n) is 18.3. The Hall–Kier alpha value is -3.16. The molecule has 1 aromatic heterocycles. The van der Waals surface area contributed by atoms with Gasteiger partial charge < -0.3 is 18.8 Å². The number of hydrogen-bond acceptors (Lipinski definition) is 6. The van der Waals surface area contributed by atoms with Crippen LogP contribution in [0.1, 0.15) is 33.3 Å². The zero-order chi connectivity index (χ0) is 22.2. The summed E-state index contributed by atoms with van der Waals surface area (Å²) in [6.45, 7) is 6.14. The van der Waals surface area contributed by atoms with E-state index < -0.39 is 6.04 Å². The van der Waals surface area contributed by atoms with Crippen LogP contribution in [0.4, 0.5) is 0 Å². The Balaban J connectivity index is 1.64. The number of nitrogens with zero attached hydrogens (tertiary/aromatic N) is 2. The lowest BCUT2D eigenvalue weighted by molar-refractivity contribution is 0.0314. The molecule has 1 amide bonds. The molecule has 7 heteroatoms. The first-order chi connectivity index (χ1) is 15.6. The molecule has 3 aromatic rings. The molecule has 0 radical (unpaired) electrons. The van der Waals surface area contributed by atoms with Crippen LogP contribution in [0, 0.1) is 6.92 Å². The number of fused-ring (bicyclic) bond motifs is 2. The van der Waals surface area contributed by atoms with Crippen molar-refractivity contribution in [1.82, 2.24) is 9.80 Å². The molecular weight excluding hydrogens is 408 g/mol. The number of amides is 1. The molecule has 0 aliphatic carbocycles. The van der Waals surface area contributed by atoms with Gasteiger partial charge in [-0.05, 0) is 25.1 Å². The van der Waals surface area contributed by atoms with Crippen molar-refractivity contribution in [2.75, 3.05) is 46.5 Å². The van der Waals surface area contributed by atoms with Crippen molar-refractivity contribution >= 4 is 16.9 Å². The lowest BCUT2D eigenvalue weighted by Gasteiger charge is -2.31. The van der Waals surface area contributed by atoms with Crippen LogP contribution in [-0.4, -0.2) is 62.2 Å². The van der Waals surface area contributed by atoms with Crippen LogP contribution < -0.4 is 10.2 Å². The van der Waals surface area contributed by atoms with Gasteiger partial charge in [0.05, 0.1) is 37.3 Å². The second-order valence-electron chi connectivity index (χ2n) is 8.27. The second kappa shape index (κ2) is 8.41. The van der Waals surface area contributed by atoms with Crippen molar-refractivity contribution in [3.63, 3.8) is 0 Å². The van der Waals surface area contributed by atoms with Crippen molar-refractivity contribution < 1.29 is 18.7 Å². The fourth-order valence-corrected chi connectivity index (χ4v) is 4.65. The molecule has 1 atom stereocenters. The highest BCUT2D eigenvalue weighted by Crippen LogP contribution is 2.41. The highest BCUT2D eigenvalue weighted by atomic mass is 16.5. The van der Waals surface area contributed by atoms with Crippen LogP contribution >= 0.6 is 0 Å². The summed E-state index contributed by atoms with van der Waals surface area (Å²) in [6, 6.07) is 12.4. The summed E-state index contributed by atoms with van der Waals surface area (Å²) in [6.07, 6.45) is 0. The van der Waals surface area contributed by atoms with Gasteiger partial charge >= 0.3 is 0 Å². The Morgan fingerprint density at radius 2 is 1.84 bits per heavy atom. The van der Waals surface area contributed by atoms with Crippen molar-refractivity contribution in [2.24, 2.45) is 0 Å². The smallest absolute Gasteiger partial charge is 0.290 e. The topological polar surface area (TPSA) is 72.2 Å². The summed E-state index contributed by atoms with van der Waals surface area (Å²) < 4.78 is 17.1. The maximum absolute atomic E-state index is 13.6. The summed E-state index contributed by atoms with van der Waals surface area (Å²) in [5.41, 5.74) is 2.40. The van der Waals surface area contributed by atoms with Crippen molar-refractivity contribution in [2.45, 2.75) is 13.0 Å². The Morgan fingerprint density at radius 1 is 1.06 bits per heavy atom. The fraction of sp³-hybridized carbons (Fsp3) is 0.360. The monoisotopic (exact) mass is 434 g/mol. The van der Waals surface area contributed by atoms with Crippen LogP contribution in [0.3, 0.4) is 0 Å². The Labute approximate surface area is 186 Å². The van der Waals surface area contributed by atoms with E-state index in [2.05, 4.69) is 4.90 Å². The summed E-state index contributed by atoms with van der Waals surface area (Å²) >= 11 is 0. The molecule has 0 unspecified atom stereocenters. The number of benzene rings is 2. The Morgan fingerprint density at radius 3 is 2.62 bits per heavy atom. The number of morpholine rings is 1. The SMILES string of the molecule is COc1ccccc1[C@@H]1c2c(oc3ccc(C)cc3c2=O)C(=O)N1CCN1CCOCC1. The van der Waals surface area contributed by atoms with E-state index in [1.807, 2.05) is 43.3 Å². The highest BCUT2D eigenvalue weighted by Gasteiger charge is 2.43. The van der Waals surface area contributed by atoms with Crippen LogP contribution in [0.25, 0.3) is 11.0 Å². The van der Waals surface area contributed by atoms with Crippen LogP contribution in [0.5, 0.6) is 5.75 Å². The number of rotatable bonds is 5. The number of aryl methyl sites for hydroxylation is 1. The minimum atomic E-state index is -0.559. The second-order valence-corrected chi connectivity index (χ2v) is 8.27. The largest absolute Gasteiger partial charge is 0.496 e. The molecule has 0 N–H and O–H groups in total. The Kier molecular flexibility index (Phi) is 5.45. The van der Waals surface area contributed by atoms with Gasteiger partial charge in [-0.1, -0.05) is 29.8 Å². The molecule has 1 fully saturated rings. The maximum atomic E-state index is 13.6. The number of carbonyl (C=O) groups is 1. The first-order valence-electron chi connectivity index (χ1n) is 10.9. The number of para-hydroxylation sites is 1.